The number of aryl methyl sites for hydroxylation is 1. The first kappa shape index (κ1) is 17.3. The number of hydrogen-bond donors (Lipinski definition) is 0. The predicted octanol–water partition coefficient (Wildman–Crippen LogP) is 7.34. The molecule has 1 nitrogen and oxygen atoms in total. The molecule has 0 radical (unpaired) electrons. The van der Waals surface area contributed by atoms with Gasteiger partial charge in [0.15, 0.2) is 0 Å². The van der Waals surface area contributed by atoms with Crippen LogP contribution in [0.3, 0.4) is 0 Å². The third kappa shape index (κ3) is 3.16. The van der Waals surface area contributed by atoms with Crippen molar-refractivity contribution >= 4 is 23.5 Å². The molecule has 0 aromatic heterocycles. The highest BCUT2D eigenvalue weighted by Gasteiger charge is 2.40. The smallest absolute Gasteiger partial charge is 0.0449 e. The minimum absolute atomic E-state index is 0.622. The summed E-state index contributed by atoms with van der Waals surface area (Å²) in [4.78, 5) is 2.61. The molecule has 140 valence electrons. The Bertz CT molecular complexity index is 985. The molecular formula is C27H27N. The molecule has 1 heterocycles. The van der Waals surface area contributed by atoms with Crippen LogP contribution < -0.4 is 4.90 Å². The largest absolute Gasteiger partial charge is 0.338 e. The first-order valence-electron chi connectivity index (χ1n) is 10.5. The van der Waals surface area contributed by atoms with Crippen LogP contribution in [0.2, 0.25) is 0 Å². The van der Waals surface area contributed by atoms with Crippen molar-refractivity contribution in [3.8, 4) is 0 Å². The molecule has 1 saturated carbocycles. The molecule has 1 fully saturated rings. The van der Waals surface area contributed by atoms with Crippen molar-refractivity contribution in [1.29, 1.82) is 0 Å². The van der Waals surface area contributed by atoms with E-state index >= 15 is 0 Å². The highest BCUT2D eigenvalue weighted by molar-refractivity contribution is 5.75. The molecule has 1 heteroatoms. The van der Waals surface area contributed by atoms with E-state index in [1.54, 1.807) is 5.56 Å². The molecule has 28 heavy (non-hydrogen) atoms. The van der Waals surface area contributed by atoms with Crippen LogP contribution in [-0.4, -0.2) is 6.04 Å². The SMILES string of the molecule is Cc1ccc2c(c1)C1CCCCC1N2c1ccc(/C=C/c2ccccc2)cc1. The number of nitrogens with zero attached hydrogens (tertiary/aromatic N) is 1. The maximum Gasteiger partial charge on any atom is 0.0449 e. The Hall–Kier alpha value is -2.80. The summed E-state index contributed by atoms with van der Waals surface area (Å²) in [6, 6.07) is 27.2. The van der Waals surface area contributed by atoms with E-state index in [1.807, 2.05) is 0 Å². The Balaban J connectivity index is 1.45. The Labute approximate surface area is 168 Å². The summed E-state index contributed by atoms with van der Waals surface area (Å²) in [6.07, 6.45) is 9.72. The maximum absolute atomic E-state index is 2.61. The molecule has 0 saturated heterocycles. The summed E-state index contributed by atoms with van der Waals surface area (Å²) in [5.74, 6) is 0.696. The molecule has 1 aliphatic carbocycles. The van der Waals surface area contributed by atoms with Crippen LogP contribution in [0.5, 0.6) is 0 Å². The molecule has 0 amide bonds. The van der Waals surface area contributed by atoms with Crippen LogP contribution in [0.25, 0.3) is 12.2 Å². The Morgan fingerprint density at radius 1 is 0.786 bits per heavy atom. The number of anilines is 2. The van der Waals surface area contributed by atoms with Crippen LogP contribution in [0.4, 0.5) is 11.4 Å². The van der Waals surface area contributed by atoms with Crippen molar-refractivity contribution in [2.45, 2.75) is 44.6 Å². The summed E-state index contributed by atoms with van der Waals surface area (Å²) in [6.45, 7) is 2.22. The van der Waals surface area contributed by atoms with Crippen molar-refractivity contribution in [3.05, 3.63) is 95.1 Å². The fraction of sp³-hybridized carbons (Fsp3) is 0.259. The molecule has 1 aliphatic heterocycles. The Morgan fingerprint density at radius 3 is 2.29 bits per heavy atom. The van der Waals surface area contributed by atoms with Gasteiger partial charge in [0.1, 0.15) is 0 Å². The number of hydrogen-bond acceptors (Lipinski definition) is 1. The Morgan fingerprint density at radius 2 is 1.50 bits per heavy atom. The monoisotopic (exact) mass is 365 g/mol. The lowest BCUT2D eigenvalue weighted by Crippen LogP contribution is -2.32. The van der Waals surface area contributed by atoms with Gasteiger partial charge in [-0.05, 0) is 54.7 Å². The van der Waals surface area contributed by atoms with E-state index in [1.165, 1.54) is 53.7 Å². The van der Waals surface area contributed by atoms with Gasteiger partial charge in [-0.2, -0.15) is 0 Å². The van der Waals surface area contributed by atoms with E-state index in [0.29, 0.717) is 12.0 Å². The van der Waals surface area contributed by atoms with Gasteiger partial charge in [-0.15, -0.1) is 0 Å². The van der Waals surface area contributed by atoms with Gasteiger partial charge in [0.25, 0.3) is 0 Å². The molecule has 0 spiro atoms. The fourth-order valence-electron chi connectivity index (χ4n) is 4.99. The van der Waals surface area contributed by atoms with Gasteiger partial charge < -0.3 is 4.90 Å². The summed E-state index contributed by atoms with van der Waals surface area (Å²) >= 11 is 0. The predicted molar refractivity (Wildman–Crippen MR) is 120 cm³/mol. The average Bonchev–Trinajstić information content (AvgIpc) is 3.07. The van der Waals surface area contributed by atoms with E-state index < -0.39 is 0 Å². The van der Waals surface area contributed by atoms with Gasteiger partial charge in [0.05, 0.1) is 0 Å². The average molecular weight is 366 g/mol. The van der Waals surface area contributed by atoms with Crippen LogP contribution in [0.1, 0.15) is 53.9 Å². The summed E-state index contributed by atoms with van der Waals surface area (Å²) in [7, 11) is 0. The van der Waals surface area contributed by atoms with Gasteiger partial charge in [-0.25, -0.2) is 0 Å². The highest BCUT2D eigenvalue weighted by Crippen LogP contribution is 2.51. The second-order valence-corrected chi connectivity index (χ2v) is 8.23. The Kier molecular flexibility index (Phi) is 4.52. The molecule has 2 aliphatic rings. The molecule has 3 aromatic carbocycles. The topological polar surface area (TPSA) is 3.24 Å². The third-order valence-corrected chi connectivity index (χ3v) is 6.34. The molecule has 2 unspecified atom stereocenters. The van der Waals surface area contributed by atoms with Gasteiger partial charge in [-0.3, -0.25) is 0 Å². The van der Waals surface area contributed by atoms with Crippen LogP contribution >= 0.6 is 0 Å². The van der Waals surface area contributed by atoms with E-state index in [0.717, 1.165) is 0 Å². The first-order valence-corrected chi connectivity index (χ1v) is 10.5. The number of fused-ring (bicyclic) bond motifs is 3. The summed E-state index contributed by atoms with van der Waals surface area (Å²) in [5, 5.41) is 0. The van der Waals surface area contributed by atoms with Crippen LogP contribution in [0.15, 0.2) is 72.8 Å². The zero-order valence-electron chi connectivity index (χ0n) is 16.5. The van der Waals surface area contributed by atoms with Crippen LogP contribution in [0, 0.1) is 6.92 Å². The minimum Gasteiger partial charge on any atom is -0.338 e. The van der Waals surface area contributed by atoms with Crippen LogP contribution in [-0.2, 0) is 0 Å². The van der Waals surface area contributed by atoms with E-state index in [2.05, 4.69) is 96.8 Å². The van der Waals surface area contributed by atoms with E-state index in [-0.39, 0.29) is 0 Å². The normalized spacial score (nSPS) is 21.0. The third-order valence-electron chi connectivity index (χ3n) is 6.34. The quantitative estimate of drug-likeness (QED) is 0.439. The van der Waals surface area contributed by atoms with Crippen molar-refractivity contribution in [2.24, 2.45) is 0 Å². The second kappa shape index (κ2) is 7.31. The van der Waals surface area contributed by atoms with Crippen molar-refractivity contribution in [3.63, 3.8) is 0 Å². The van der Waals surface area contributed by atoms with Crippen molar-refractivity contribution in [1.82, 2.24) is 0 Å². The lowest BCUT2D eigenvalue weighted by atomic mass is 9.82. The molecular weight excluding hydrogens is 338 g/mol. The van der Waals surface area contributed by atoms with Crippen molar-refractivity contribution in [2.75, 3.05) is 4.90 Å². The standard InChI is InChI=1S/C27H27N/c1-20-11-18-27-25(19-20)24-9-5-6-10-26(24)28(27)23-16-14-22(15-17-23)13-12-21-7-3-2-4-8-21/h2-4,7-8,11-19,24,26H,5-6,9-10H2,1H3/b13-12+. The zero-order chi connectivity index (χ0) is 18.9. The lowest BCUT2D eigenvalue weighted by molar-refractivity contribution is 0.402. The van der Waals surface area contributed by atoms with E-state index in [4.69, 9.17) is 0 Å². The molecule has 2 atom stereocenters. The van der Waals surface area contributed by atoms with Gasteiger partial charge in [0, 0.05) is 23.3 Å². The lowest BCUT2D eigenvalue weighted by Gasteiger charge is -2.33. The molecule has 3 aromatic rings. The summed E-state index contributed by atoms with van der Waals surface area (Å²) in [5.41, 5.74) is 8.19. The fourth-order valence-corrected chi connectivity index (χ4v) is 4.99. The number of rotatable bonds is 3. The molecule has 0 bridgehead atoms. The van der Waals surface area contributed by atoms with Gasteiger partial charge >= 0.3 is 0 Å². The first-order chi connectivity index (χ1) is 13.8. The molecule has 0 N–H and O–H groups in total. The van der Waals surface area contributed by atoms with Crippen molar-refractivity contribution < 1.29 is 0 Å². The minimum atomic E-state index is 0.622. The van der Waals surface area contributed by atoms with E-state index in [9.17, 15) is 0 Å². The zero-order valence-corrected chi connectivity index (χ0v) is 16.5. The maximum atomic E-state index is 2.61. The number of benzene rings is 3. The summed E-state index contributed by atoms with van der Waals surface area (Å²) < 4.78 is 0. The van der Waals surface area contributed by atoms with Gasteiger partial charge in [0.2, 0.25) is 0 Å². The highest BCUT2D eigenvalue weighted by atomic mass is 15.2. The second-order valence-electron chi connectivity index (χ2n) is 8.23. The van der Waals surface area contributed by atoms with Gasteiger partial charge in [-0.1, -0.05) is 85.2 Å². The molecule has 5 rings (SSSR count).